The van der Waals surface area contributed by atoms with Crippen molar-refractivity contribution in [3.63, 3.8) is 0 Å². The predicted molar refractivity (Wildman–Crippen MR) is 100 cm³/mol. The molecule has 0 amide bonds. The first kappa shape index (κ1) is 19.3. The third kappa shape index (κ3) is 4.28. The molecule has 0 aliphatic heterocycles. The Morgan fingerprint density at radius 1 is 1.26 bits per heavy atom. The molecular formula is C17H15BrFN3O4S. The van der Waals surface area contributed by atoms with Crippen LogP contribution in [0.1, 0.15) is 12.6 Å². The van der Waals surface area contributed by atoms with E-state index in [0.29, 0.717) is 10.1 Å². The number of fused-ring (bicyclic) bond motifs is 1. The number of carbonyl (C=O) groups is 1. The van der Waals surface area contributed by atoms with Gasteiger partial charge < -0.3 is 4.74 Å². The van der Waals surface area contributed by atoms with E-state index >= 15 is 0 Å². The van der Waals surface area contributed by atoms with E-state index < -0.39 is 21.8 Å². The molecule has 0 aliphatic rings. The average Bonchev–Trinajstić information content (AvgIpc) is 2.92. The minimum atomic E-state index is -4.02. The summed E-state index contributed by atoms with van der Waals surface area (Å²) in [6, 6.07) is 7.84. The summed E-state index contributed by atoms with van der Waals surface area (Å²) >= 11 is 3.32. The number of hydrogen-bond donors (Lipinski definition) is 1. The number of nitrogens with zero attached hydrogens (tertiary/aromatic N) is 2. The third-order valence-electron chi connectivity index (χ3n) is 3.63. The molecule has 0 saturated carbocycles. The number of carbonyl (C=O) groups excluding carboxylic acids is 1. The quantitative estimate of drug-likeness (QED) is 0.576. The zero-order valence-corrected chi connectivity index (χ0v) is 16.5. The highest BCUT2D eigenvalue weighted by Gasteiger charge is 2.22. The lowest BCUT2D eigenvalue weighted by Gasteiger charge is -2.10. The molecule has 2 aromatic heterocycles. The van der Waals surface area contributed by atoms with Gasteiger partial charge in [-0.25, -0.2) is 17.8 Å². The Morgan fingerprint density at radius 3 is 2.63 bits per heavy atom. The number of aromatic nitrogens is 2. The summed E-state index contributed by atoms with van der Waals surface area (Å²) in [6.07, 6.45) is 1.42. The van der Waals surface area contributed by atoms with E-state index in [1.54, 1.807) is 25.3 Å². The second kappa shape index (κ2) is 7.65. The van der Waals surface area contributed by atoms with Gasteiger partial charge in [-0.3, -0.25) is 13.9 Å². The first-order valence-electron chi connectivity index (χ1n) is 7.90. The lowest BCUT2D eigenvalue weighted by atomic mass is 10.3. The number of ether oxygens (including phenoxy) is 1. The molecule has 7 nitrogen and oxygen atoms in total. The molecule has 0 fully saturated rings. The Balaban J connectivity index is 2.06. The second-order valence-corrected chi connectivity index (χ2v) is 8.12. The number of imidazole rings is 1. The summed E-state index contributed by atoms with van der Waals surface area (Å²) in [5.74, 6) is -0.957. The standard InChI is InChI=1S/C17H15BrFN3O4S/c1-2-26-16(23)9-14-17(22-10-11(18)3-8-15(22)20-14)21-27(24,25)13-6-4-12(19)5-7-13/h3-8,10,21H,2,9H2,1H3. The molecule has 2 heterocycles. The maximum Gasteiger partial charge on any atom is 0.312 e. The van der Waals surface area contributed by atoms with Gasteiger partial charge in [-0.1, -0.05) is 0 Å². The SMILES string of the molecule is CCOC(=O)Cc1nc2ccc(Br)cn2c1NS(=O)(=O)c1ccc(F)cc1. The highest BCUT2D eigenvalue weighted by Crippen LogP contribution is 2.25. The lowest BCUT2D eigenvalue weighted by molar-refractivity contribution is -0.142. The third-order valence-corrected chi connectivity index (χ3v) is 5.45. The summed E-state index contributed by atoms with van der Waals surface area (Å²) in [5, 5.41) is 0. The van der Waals surface area contributed by atoms with Crippen molar-refractivity contribution in [2.75, 3.05) is 11.3 Å². The molecule has 1 aromatic carbocycles. The van der Waals surface area contributed by atoms with Crippen LogP contribution in [0.3, 0.4) is 0 Å². The zero-order chi connectivity index (χ0) is 19.6. The van der Waals surface area contributed by atoms with E-state index in [2.05, 4.69) is 25.6 Å². The van der Waals surface area contributed by atoms with Crippen LogP contribution in [0, 0.1) is 5.82 Å². The van der Waals surface area contributed by atoms with Gasteiger partial charge in [0.15, 0.2) is 0 Å². The summed E-state index contributed by atoms with van der Waals surface area (Å²) in [5.41, 5.74) is 0.673. The van der Waals surface area contributed by atoms with Gasteiger partial charge in [0.25, 0.3) is 10.0 Å². The van der Waals surface area contributed by atoms with Gasteiger partial charge >= 0.3 is 5.97 Å². The number of benzene rings is 1. The van der Waals surface area contributed by atoms with Crippen LogP contribution >= 0.6 is 15.9 Å². The molecule has 0 unspecified atom stereocenters. The Hall–Kier alpha value is -2.46. The van der Waals surface area contributed by atoms with E-state index in [1.165, 1.54) is 4.40 Å². The highest BCUT2D eigenvalue weighted by molar-refractivity contribution is 9.10. The molecule has 3 aromatic rings. The van der Waals surface area contributed by atoms with Crippen LogP contribution in [0.2, 0.25) is 0 Å². The molecule has 0 bridgehead atoms. The van der Waals surface area contributed by atoms with Crippen molar-refractivity contribution in [3.8, 4) is 0 Å². The maximum atomic E-state index is 13.1. The first-order chi connectivity index (χ1) is 12.8. The van der Waals surface area contributed by atoms with Gasteiger partial charge in [-0.05, 0) is 59.3 Å². The fourth-order valence-corrected chi connectivity index (χ4v) is 3.87. The fourth-order valence-electron chi connectivity index (χ4n) is 2.45. The van der Waals surface area contributed by atoms with E-state index in [1.807, 2.05) is 0 Å². The molecule has 0 radical (unpaired) electrons. The largest absolute Gasteiger partial charge is 0.466 e. The Labute approximate surface area is 163 Å². The number of pyridine rings is 1. The molecular weight excluding hydrogens is 441 g/mol. The van der Waals surface area contributed by atoms with E-state index in [0.717, 1.165) is 24.3 Å². The molecule has 27 heavy (non-hydrogen) atoms. The molecule has 3 rings (SSSR count). The Kier molecular flexibility index (Phi) is 5.47. The Bertz CT molecular complexity index is 1100. The van der Waals surface area contributed by atoms with Crippen LogP contribution in [-0.2, 0) is 26.0 Å². The molecule has 0 aliphatic carbocycles. The van der Waals surface area contributed by atoms with Crippen molar-refractivity contribution in [3.05, 3.63) is 58.6 Å². The predicted octanol–water partition coefficient (Wildman–Crippen LogP) is 3.14. The van der Waals surface area contributed by atoms with Crippen LogP contribution in [0.15, 0.2) is 52.0 Å². The topological polar surface area (TPSA) is 89.8 Å². The number of sulfonamides is 1. The van der Waals surface area contributed by atoms with Gasteiger partial charge in [-0.15, -0.1) is 0 Å². The number of rotatable bonds is 6. The van der Waals surface area contributed by atoms with Crippen molar-refractivity contribution >= 4 is 43.4 Å². The molecule has 142 valence electrons. The average molecular weight is 456 g/mol. The van der Waals surface area contributed by atoms with Gasteiger partial charge in [-0.2, -0.15) is 0 Å². The van der Waals surface area contributed by atoms with Crippen molar-refractivity contribution < 1.29 is 22.3 Å². The van der Waals surface area contributed by atoms with Crippen molar-refractivity contribution in [2.24, 2.45) is 0 Å². The van der Waals surface area contributed by atoms with Crippen LogP contribution in [0.4, 0.5) is 10.2 Å². The molecule has 0 saturated heterocycles. The van der Waals surface area contributed by atoms with Gasteiger partial charge in [0.2, 0.25) is 0 Å². The fraction of sp³-hybridized carbons (Fsp3) is 0.176. The molecule has 0 atom stereocenters. The van der Waals surface area contributed by atoms with Crippen LogP contribution < -0.4 is 4.72 Å². The molecule has 10 heteroatoms. The summed E-state index contributed by atoms with van der Waals surface area (Å²) in [4.78, 5) is 16.1. The number of anilines is 1. The minimum absolute atomic E-state index is 0.115. The van der Waals surface area contributed by atoms with Gasteiger partial charge in [0.05, 0.1) is 23.6 Å². The normalized spacial score (nSPS) is 11.5. The maximum absolute atomic E-state index is 13.1. The number of hydrogen-bond acceptors (Lipinski definition) is 5. The smallest absolute Gasteiger partial charge is 0.312 e. The van der Waals surface area contributed by atoms with Crippen molar-refractivity contribution in [2.45, 2.75) is 18.2 Å². The van der Waals surface area contributed by atoms with E-state index in [-0.39, 0.29) is 29.4 Å². The number of nitrogens with one attached hydrogen (secondary N) is 1. The van der Waals surface area contributed by atoms with E-state index in [4.69, 9.17) is 4.74 Å². The van der Waals surface area contributed by atoms with Crippen LogP contribution in [0.25, 0.3) is 5.65 Å². The zero-order valence-electron chi connectivity index (χ0n) is 14.1. The molecule has 1 N–H and O–H groups in total. The van der Waals surface area contributed by atoms with Gasteiger partial charge in [0.1, 0.15) is 17.3 Å². The number of esters is 1. The first-order valence-corrected chi connectivity index (χ1v) is 10.2. The highest BCUT2D eigenvalue weighted by atomic mass is 79.9. The lowest BCUT2D eigenvalue weighted by Crippen LogP contribution is -2.17. The van der Waals surface area contributed by atoms with Crippen LogP contribution in [0.5, 0.6) is 0 Å². The molecule has 0 spiro atoms. The monoisotopic (exact) mass is 455 g/mol. The summed E-state index contributed by atoms with van der Waals surface area (Å²) < 4.78 is 48.1. The Morgan fingerprint density at radius 2 is 1.96 bits per heavy atom. The summed E-state index contributed by atoms with van der Waals surface area (Å²) in [7, 11) is -4.02. The summed E-state index contributed by atoms with van der Waals surface area (Å²) in [6.45, 7) is 1.88. The second-order valence-electron chi connectivity index (χ2n) is 5.52. The van der Waals surface area contributed by atoms with Gasteiger partial charge in [0, 0.05) is 10.7 Å². The van der Waals surface area contributed by atoms with Crippen molar-refractivity contribution in [1.29, 1.82) is 0 Å². The van der Waals surface area contributed by atoms with Crippen molar-refractivity contribution in [1.82, 2.24) is 9.38 Å². The van der Waals surface area contributed by atoms with Crippen LogP contribution in [-0.4, -0.2) is 30.4 Å². The minimum Gasteiger partial charge on any atom is -0.466 e. The number of halogens is 2. The van der Waals surface area contributed by atoms with E-state index in [9.17, 15) is 17.6 Å².